The van der Waals surface area contributed by atoms with Crippen molar-refractivity contribution in [2.75, 3.05) is 0 Å². The van der Waals surface area contributed by atoms with Gasteiger partial charge in [0.05, 0.1) is 6.20 Å². The number of aromatic nitrogens is 4. The predicted octanol–water partition coefficient (Wildman–Crippen LogP) is 2.93. The summed E-state index contributed by atoms with van der Waals surface area (Å²) in [6.45, 7) is 11.3. The predicted molar refractivity (Wildman–Crippen MR) is 93.6 cm³/mol. The zero-order chi connectivity index (χ0) is 18.0. The third-order valence-electron chi connectivity index (χ3n) is 3.49. The first-order valence-electron chi connectivity index (χ1n) is 7.56. The first-order valence-corrected chi connectivity index (χ1v) is 7.56. The molecule has 0 atom stereocenters. The number of fused-ring (bicyclic) bond motifs is 1. The Kier molecular flexibility index (Phi) is 4.30. The molecule has 0 aliphatic heterocycles. The molecule has 3 rings (SSSR count). The molecule has 1 amide bonds. The average molecular weight is 335 g/mol. The summed E-state index contributed by atoms with van der Waals surface area (Å²) in [5.74, 6) is 0.501. The molecule has 1 N–H and O–H groups in total. The molecule has 3 aromatic rings. The standard InChI is InChI=1S/C18H17N5O2/c1-11(2)14(9-12(3)17-20-13(4)25-22-17)21-18(24)15-10-19-16-7-5-6-8-23(15)16/h5-10H,1,3H2,2,4H3,(H,21,24)/b14-9+. The van der Waals surface area contributed by atoms with Crippen LogP contribution in [0.15, 0.2) is 65.6 Å². The first kappa shape index (κ1) is 16.4. The van der Waals surface area contributed by atoms with Crippen LogP contribution in [-0.2, 0) is 0 Å². The van der Waals surface area contributed by atoms with Gasteiger partial charge in [0.25, 0.3) is 5.91 Å². The lowest BCUT2D eigenvalue weighted by Crippen LogP contribution is -2.24. The molecule has 0 aromatic carbocycles. The number of hydrogen-bond donors (Lipinski definition) is 1. The van der Waals surface area contributed by atoms with Crippen LogP contribution in [-0.4, -0.2) is 25.4 Å². The topological polar surface area (TPSA) is 85.3 Å². The number of carbonyl (C=O) groups excluding carboxylic acids is 1. The highest BCUT2D eigenvalue weighted by molar-refractivity contribution is 5.95. The van der Waals surface area contributed by atoms with E-state index in [0.717, 1.165) is 0 Å². The van der Waals surface area contributed by atoms with Gasteiger partial charge in [0.1, 0.15) is 11.3 Å². The number of amides is 1. The number of nitrogens with one attached hydrogen (secondary N) is 1. The summed E-state index contributed by atoms with van der Waals surface area (Å²) in [5, 5.41) is 6.64. The maximum absolute atomic E-state index is 12.6. The third-order valence-corrected chi connectivity index (χ3v) is 3.49. The van der Waals surface area contributed by atoms with Gasteiger partial charge in [-0.3, -0.25) is 9.20 Å². The minimum absolute atomic E-state index is 0.301. The van der Waals surface area contributed by atoms with E-state index in [1.54, 1.807) is 30.5 Å². The molecular weight excluding hydrogens is 318 g/mol. The normalized spacial score (nSPS) is 11.5. The van der Waals surface area contributed by atoms with Crippen molar-refractivity contribution < 1.29 is 9.32 Å². The Bertz CT molecular complexity index is 1010. The van der Waals surface area contributed by atoms with Crippen LogP contribution in [0.25, 0.3) is 11.2 Å². The van der Waals surface area contributed by atoms with Crippen LogP contribution in [0.4, 0.5) is 0 Å². The molecule has 0 unspecified atom stereocenters. The van der Waals surface area contributed by atoms with E-state index in [1.807, 2.05) is 18.2 Å². The summed E-state index contributed by atoms with van der Waals surface area (Å²) in [5.41, 5.74) is 2.81. The van der Waals surface area contributed by atoms with Gasteiger partial charge in [-0.25, -0.2) is 4.98 Å². The summed E-state index contributed by atoms with van der Waals surface area (Å²) in [4.78, 5) is 21.0. The lowest BCUT2D eigenvalue weighted by molar-refractivity contribution is 0.0961. The van der Waals surface area contributed by atoms with Gasteiger partial charge in [-0.05, 0) is 30.7 Å². The van der Waals surface area contributed by atoms with E-state index in [-0.39, 0.29) is 5.91 Å². The lowest BCUT2D eigenvalue weighted by Gasteiger charge is -2.10. The summed E-state index contributed by atoms with van der Waals surface area (Å²) in [6, 6.07) is 5.52. The van der Waals surface area contributed by atoms with Gasteiger partial charge < -0.3 is 9.84 Å². The van der Waals surface area contributed by atoms with Crippen molar-refractivity contribution in [3.05, 3.63) is 78.5 Å². The zero-order valence-corrected chi connectivity index (χ0v) is 14.0. The van der Waals surface area contributed by atoms with Crippen LogP contribution in [0.5, 0.6) is 0 Å². The fourth-order valence-electron chi connectivity index (χ4n) is 2.22. The molecule has 0 saturated carbocycles. The molecule has 0 aliphatic carbocycles. The second-order valence-corrected chi connectivity index (χ2v) is 5.53. The highest BCUT2D eigenvalue weighted by atomic mass is 16.5. The molecule has 0 spiro atoms. The smallest absolute Gasteiger partial charge is 0.274 e. The van der Waals surface area contributed by atoms with Crippen LogP contribution >= 0.6 is 0 Å². The SMILES string of the molecule is C=C(C)/C(=C\C(=C)c1noc(C)n1)NC(=O)c1cnc2ccccn12. The number of rotatable bonds is 5. The monoisotopic (exact) mass is 335 g/mol. The molecule has 0 fully saturated rings. The van der Waals surface area contributed by atoms with Gasteiger partial charge in [0, 0.05) is 24.4 Å². The zero-order valence-electron chi connectivity index (χ0n) is 14.0. The number of pyridine rings is 1. The van der Waals surface area contributed by atoms with Crippen LogP contribution < -0.4 is 5.32 Å². The molecule has 126 valence electrons. The maximum atomic E-state index is 12.6. The molecule has 25 heavy (non-hydrogen) atoms. The van der Waals surface area contributed by atoms with Crippen LogP contribution in [0.2, 0.25) is 0 Å². The Hall–Kier alpha value is -3.48. The number of allylic oxidation sites excluding steroid dienone is 3. The minimum atomic E-state index is -0.301. The maximum Gasteiger partial charge on any atom is 0.274 e. The Balaban J connectivity index is 1.87. The highest BCUT2D eigenvalue weighted by Gasteiger charge is 2.14. The van der Waals surface area contributed by atoms with E-state index in [4.69, 9.17) is 4.52 Å². The van der Waals surface area contributed by atoms with Gasteiger partial charge in [-0.15, -0.1) is 0 Å². The molecule has 0 aliphatic rings. The molecule has 0 saturated heterocycles. The van der Waals surface area contributed by atoms with Gasteiger partial charge >= 0.3 is 0 Å². The van der Waals surface area contributed by atoms with E-state index in [9.17, 15) is 4.79 Å². The average Bonchev–Trinajstić information content (AvgIpc) is 3.20. The van der Waals surface area contributed by atoms with E-state index in [0.29, 0.717) is 39.9 Å². The van der Waals surface area contributed by atoms with Crippen molar-refractivity contribution in [3.8, 4) is 0 Å². The summed E-state index contributed by atoms with van der Waals surface area (Å²) in [6.07, 6.45) is 4.97. The van der Waals surface area contributed by atoms with Crippen LogP contribution in [0.3, 0.4) is 0 Å². The fourth-order valence-corrected chi connectivity index (χ4v) is 2.22. The second kappa shape index (κ2) is 6.56. The molecule has 0 bridgehead atoms. The number of imidazole rings is 1. The van der Waals surface area contributed by atoms with Crippen molar-refractivity contribution in [2.24, 2.45) is 0 Å². The van der Waals surface area contributed by atoms with Crippen LogP contribution in [0.1, 0.15) is 29.1 Å². The van der Waals surface area contributed by atoms with Crippen molar-refractivity contribution >= 4 is 17.1 Å². The lowest BCUT2D eigenvalue weighted by atomic mass is 10.1. The Morgan fingerprint density at radius 3 is 2.84 bits per heavy atom. The molecule has 7 nitrogen and oxygen atoms in total. The van der Waals surface area contributed by atoms with Gasteiger partial charge in [-0.2, -0.15) is 4.98 Å². The molecule has 3 heterocycles. The van der Waals surface area contributed by atoms with Crippen LogP contribution in [0, 0.1) is 6.92 Å². The van der Waals surface area contributed by atoms with Gasteiger partial charge in [0.2, 0.25) is 11.7 Å². The van der Waals surface area contributed by atoms with Crippen molar-refractivity contribution in [1.82, 2.24) is 24.8 Å². The number of hydrogen-bond acceptors (Lipinski definition) is 5. The van der Waals surface area contributed by atoms with E-state index in [1.165, 1.54) is 6.20 Å². The number of aryl methyl sites for hydroxylation is 1. The summed E-state index contributed by atoms with van der Waals surface area (Å²) in [7, 11) is 0. The Morgan fingerprint density at radius 2 is 2.16 bits per heavy atom. The quantitative estimate of drug-likeness (QED) is 0.725. The Labute approximate surface area is 144 Å². The summed E-state index contributed by atoms with van der Waals surface area (Å²) >= 11 is 0. The number of nitrogens with zero attached hydrogens (tertiary/aromatic N) is 4. The van der Waals surface area contributed by atoms with Gasteiger partial charge in [0.15, 0.2) is 0 Å². The van der Waals surface area contributed by atoms with E-state index >= 15 is 0 Å². The number of carbonyl (C=O) groups is 1. The molecule has 3 aromatic heterocycles. The van der Waals surface area contributed by atoms with Gasteiger partial charge in [-0.1, -0.05) is 24.4 Å². The van der Waals surface area contributed by atoms with E-state index in [2.05, 4.69) is 33.6 Å². The van der Waals surface area contributed by atoms with Crippen molar-refractivity contribution in [2.45, 2.75) is 13.8 Å². The highest BCUT2D eigenvalue weighted by Crippen LogP contribution is 2.15. The fraction of sp³-hybridized carbons (Fsp3) is 0.111. The van der Waals surface area contributed by atoms with Crippen molar-refractivity contribution in [1.29, 1.82) is 0 Å². The molecule has 7 heteroatoms. The van der Waals surface area contributed by atoms with E-state index < -0.39 is 0 Å². The molecule has 0 radical (unpaired) electrons. The second-order valence-electron chi connectivity index (χ2n) is 5.53. The third kappa shape index (κ3) is 3.40. The summed E-state index contributed by atoms with van der Waals surface area (Å²) < 4.78 is 6.65. The first-order chi connectivity index (χ1) is 12.0. The minimum Gasteiger partial charge on any atom is -0.339 e. The largest absolute Gasteiger partial charge is 0.339 e. The molecular formula is C18H17N5O2. The Morgan fingerprint density at radius 1 is 1.36 bits per heavy atom. The van der Waals surface area contributed by atoms with Crippen molar-refractivity contribution in [3.63, 3.8) is 0 Å².